The smallest absolute Gasteiger partial charge is 0.259 e. The van der Waals surface area contributed by atoms with Gasteiger partial charge in [0.2, 0.25) is 0 Å². The number of aromatic nitrogens is 1. The third-order valence-corrected chi connectivity index (χ3v) is 7.85. The summed E-state index contributed by atoms with van der Waals surface area (Å²) in [6.07, 6.45) is 9.90. The van der Waals surface area contributed by atoms with Crippen LogP contribution in [0.2, 0.25) is 0 Å². The normalized spacial score (nSPS) is 30.8. The van der Waals surface area contributed by atoms with E-state index in [9.17, 15) is 4.79 Å². The second-order valence-electron chi connectivity index (χ2n) is 10.8. The Kier molecular flexibility index (Phi) is 8.68. The van der Waals surface area contributed by atoms with Crippen LogP contribution in [0.15, 0.2) is 18.3 Å². The molecule has 35 heavy (non-hydrogen) atoms. The number of β-lactam (4-membered cyclic amide) rings is 1. The first-order valence-corrected chi connectivity index (χ1v) is 13.1. The summed E-state index contributed by atoms with van der Waals surface area (Å²) < 4.78 is 28.8. The Morgan fingerprint density at radius 1 is 1.20 bits per heavy atom. The van der Waals surface area contributed by atoms with Crippen molar-refractivity contribution in [3.05, 3.63) is 24.0 Å². The number of hydrogen-bond donors (Lipinski definition) is 0. The summed E-state index contributed by atoms with van der Waals surface area (Å²) in [4.78, 5) is 19.6. The number of nitrogens with zero attached hydrogens (tertiary/aromatic N) is 2. The lowest BCUT2D eigenvalue weighted by atomic mass is 9.75. The quantitative estimate of drug-likeness (QED) is 0.324. The zero-order valence-electron chi connectivity index (χ0n) is 21.8. The Labute approximate surface area is 209 Å². The van der Waals surface area contributed by atoms with Gasteiger partial charge in [0.25, 0.3) is 5.91 Å². The molecule has 3 heterocycles. The molecule has 0 N–H and O–H groups in total. The van der Waals surface area contributed by atoms with Crippen molar-refractivity contribution in [3.8, 4) is 5.75 Å². The SMILES string of the molecule is COCOC1(Cc2cc(OC[C@H]3CC[C@]4(CCCO4)CC3)ccn2)C(=O)N(COC)C1CC(C)C. The first-order valence-electron chi connectivity index (χ1n) is 13.1. The van der Waals surface area contributed by atoms with Crippen LogP contribution in [0, 0.1) is 11.8 Å². The van der Waals surface area contributed by atoms with E-state index in [1.165, 1.54) is 12.8 Å². The molecule has 0 bridgehead atoms. The van der Waals surface area contributed by atoms with Crippen LogP contribution in [0.5, 0.6) is 5.75 Å². The minimum Gasteiger partial charge on any atom is -0.493 e. The molecular formula is C27H42N2O6. The van der Waals surface area contributed by atoms with E-state index in [-0.39, 0.29) is 31.1 Å². The fraction of sp³-hybridized carbons (Fsp3) is 0.778. The van der Waals surface area contributed by atoms with Crippen molar-refractivity contribution >= 4 is 5.91 Å². The molecule has 4 rings (SSSR count). The molecule has 1 aromatic heterocycles. The average Bonchev–Trinajstić information content (AvgIpc) is 3.31. The molecule has 2 aliphatic heterocycles. The number of carbonyl (C=O) groups is 1. The summed E-state index contributed by atoms with van der Waals surface area (Å²) in [5.74, 6) is 1.64. The fourth-order valence-electron chi connectivity index (χ4n) is 5.98. The molecule has 1 spiro atoms. The molecule has 196 valence electrons. The van der Waals surface area contributed by atoms with Gasteiger partial charge in [-0.3, -0.25) is 9.78 Å². The highest BCUT2D eigenvalue weighted by atomic mass is 16.7. The minimum absolute atomic E-state index is 0.0459. The molecule has 1 aliphatic carbocycles. The molecule has 1 aromatic rings. The number of rotatable bonds is 12. The lowest BCUT2D eigenvalue weighted by Gasteiger charge is -2.55. The summed E-state index contributed by atoms with van der Waals surface area (Å²) in [5, 5.41) is 0. The van der Waals surface area contributed by atoms with Gasteiger partial charge in [-0.2, -0.15) is 0 Å². The Morgan fingerprint density at radius 3 is 2.66 bits per heavy atom. The third kappa shape index (κ3) is 5.82. The molecule has 8 nitrogen and oxygen atoms in total. The van der Waals surface area contributed by atoms with Crippen LogP contribution in [0.1, 0.15) is 64.5 Å². The Hall–Kier alpha value is -1.74. The van der Waals surface area contributed by atoms with E-state index in [1.54, 1.807) is 25.3 Å². The monoisotopic (exact) mass is 490 g/mol. The van der Waals surface area contributed by atoms with Gasteiger partial charge in [0.1, 0.15) is 19.3 Å². The van der Waals surface area contributed by atoms with Gasteiger partial charge in [0.05, 0.1) is 18.2 Å². The van der Waals surface area contributed by atoms with Crippen LogP contribution < -0.4 is 4.74 Å². The van der Waals surface area contributed by atoms with Crippen LogP contribution in [0.25, 0.3) is 0 Å². The van der Waals surface area contributed by atoms with Gasteiger partial charge in [-0.15, -0.1) is 0 Å². The number of pyridine rings is 1. The molecule has 0 aromatic carbocycles. The molecule has 2 unspecified atom stereocenters. The van der Waals surface area contributed by atoms with E-state index in [2.05, 4.69) is 18.8 Å². The van der Waals surface area contributed by atoms with Gasteiger partial charge in [0, 0.05) is 45.2 Å². The lowest BCUT2D eigenvalue weighted by Crippen LogP contribution is -2.76. The highest BCUT2D eigenvalue weighted by molar-refractivity contribution is 5.93. The predicted molar refractivity (Wildman–Crippen MR) is 131 cm³/mol. The third-order valence-electron chi connectivity index (χ3n) is 7.85. The van der Waals surface area contributed by atoms with Crippen molar-refractivity contribution in [1.29, 1.82) is 0 Å². The van der Waals surface area contributed by atoms with Crippen molar-refractivity contribution in [3.63, 3.8) is 0 Å². The molecular weight excluding hydrogens is 448 g/mol. The number of amides is 1. The maximum Gasteiger partial charge on any atom is 0.259 e. The van der Waals surface area contributed by atoms with Gasteiger partial charge in [0.15, 0.2) is 5.60 Å². The summed E-state index contributed by atoms with van der Waals surface area (Å²) in [7, 11) is 3.17. The van der Waals surface area contributed by atoms with E-state index in [4.69, 9.17) is 23.7 Å². The Balaban J connectivity index is 1.40. The second kappa shape index (κ2) is 11.5. The first-order chi connectivity index (χ1) is 16.9. The van der Waals surface area contributed by atoms with Crippen LogP contribution >= 0.6 is 0 Å². The van der Waals surface area contributed by atoms with Crippen LogP contribution in [0.3, 0.4) is 0 Å². The minimum atomic E-state index is -1.01. The highest BCUT2D eigenvalue weighted by Gasteiger charge is 2.62. The molecule has 3 fully saturated rings. The number of methoxy groups -OCH3 is 2. The Bertz CT molecular complexity index is 833. The zero-order valence-corrected chi connectivity index (χ0v) is 21.8. The summed E-state index contributed by atoms with van der Waals surface area (Å²) in [5.41, 5.74) is -0.0848. The number of likely N-dealkylation sites (tertiary alicyclic amines) is 1. The second-order valence-corrected chi connectivity index (χ2v) is 10.8. The summed E-state index contributed by atoms with van der Waals surface area (Å²) in [6, 6.07) is 3.73. The molecule has 1 saturated carbocycles. The van der Waals surface area contributed by atoms with Crippen LogP contribution in [0.4, 0.5) is 0 Å². The van der Waals surface area contributed by atoms with Gasteiger partial charge in [-0.1, -0.05) is 13.8 Å². The van der Waals surface area contributed by atoms with Gasteiger partial charge in [-0.25, -0.2) is 0 Å². The standard InChI is InChI=1S/C27H42N2O6/c1-20(2)14-24-27(35-19-32-4,25(30)29(24)18-31-3)16-22-15-23(8-12-28-22)33-17-21-6-10-26(11-7-21)9-5-13-34-26/h8,12,15,20-21,24H,5-7,9-11,13-14,16-19H2,1-4H3/t21-,24?,26+,27?. The maximum atomic E-state index is 13.3. The van der Waals surface area contributed by atoms with Gasteiger partial charge < -0.3 is 28.6 Å². The molecule has 3 aliphatic rings. The largest absolute Gasteiger partial charge is 0.493 e. The van der Waals surface area contributed by atoms with E-state index < -0.39 is 5.60 Å². The molecule has 1 amide bonds. The van der Waals surface area contributed by atoms with Crippen molar-refractivity contribution in [2.24, 2.45) is 11.8 Å². The van der Waals surface area contributed by atoms with Gasteiger partial charge >= 0.3 is 0 Å². The molecule has 2 saturated heterocycles. The highest BCUT2D eigenvalue weighted by Crippen LogP contribution is 2.42. The summed E-state index contributed by atoms with van der Waals surface area (Å²) in [6.45, 7) is 6.20. The fourth-order valence-corrected chi connectivity index (χ4v) is 5.98. The van der Waals surface area contributed by atoms with Crippen molar-refractivity contribution in [2.45, 2.75) is 82.5 Å². The van der Waals surface area contributed by atoms with E-state index in [0.717, 1.165) is 50.2 Å². The predicted octanol–water partition coefficient (Wildman–Crippen LogP) is 3.96. The topological polar surface area (TPSA) is 79.3 Å². The lowest BCUT2D eigenvalue weighted by molar-refractivity contribution is -0.235. The van der Waals surface area contributed by atoms with E-state index in [0.29, 0.717) is 24.9 Å². The van der Waals surface area contributed by atoms with Crippen molar-refractivity contribution < 1.29 is 28.5 Å². The average molecular weight is 491 g/mol. The van der Waals surface area contributed by atoms with E-state index >= 15 is 0 Å². The van der Waals surface area contributed by atoms with Crippen molar-refractivity contribution in [1.82, 2.24) is 9.88 Å². The summed E-state index contributed by atoms with van der Waals surface area (Å²) >= 11 is 0. The molecule has 2 atom stereocenters. The Morgan fingerprint density at radius 2 is 2.00 bits per heavy atom. The maximum absolute atomic E-state index is 13.3. The van der Waals surface area contributed by atoms with Crippen molar-refractivity contribution in [2.75, 3.05) is 41.0 Å². The number of carbonyl (C=O) groups excluding carboxylic acids is 1. The van der Waals surface area contributed by atoms with Crippen LogP contribution in [-0.4, -0.2) is 74.0 Å². The van der Waals surface area contributed by atoms with Crippen LogP contribution in [-0.2, 0) is 30.2 Å². The number of hydrogen-bond acceptors (Lipinski definition) is 7. The number of ether oxygens (including phenoxy) is 5. The molecule has 8 heteroatoms. The first kappa shape index (κ1) is 26.3. The van der Waals surface area contributed by atoms with E-state index in [1.807, 2.05) is 12.1 Å². The van der Waals surface area contributed by atoms with Gasteiger partial charge in [-0.05, 0) is 62.8 Å². The molecule has 0 radical (unpaired) electrons. The zero-order chi connectivity index (χ0) is 24.9.